The third-order valence-electron chi connectivity index (χ3n) is 3.59. The Bertz CT molecular complexity index is 1060. The number of amides is 1. The molecule has 1 amide bonds. The van der Waals surface area contributed by atoms with E-state index in [0.29, 0.717) is 14.9 Å². The molecule has 1 aliphatic rings. The first-order valence-corrected chi connectivity index (χ1v) is 8.55. The van der Waals surface area contributed by atoms with Crippen molar-refractivity contribution < 1.29 is 4.79 Å². The van der Waals surface area contributed by atoms with Crippen molar-refractivity contribution in [3.63, 3.8) is 0 Å². The zero-order valence-electron chi connectivity index (χ0n) is 12.8. The lowest BCUT2D eigenvalue weighted by Gasteiger charge is -2.05. The lowest BCUT2D eigenvalue weighted by atomic mass is 10.1. The summed E-state index contributed by atoms with van der Waals surface area (Å²) in [7, 11) is 0. The quantitative estimate of drug-likeness (QED) is 0.533. The molecule has 0 bridgehead atoms. The second kappa shape index (κ2) is 6.23. The van der Waals surface area contributed by atoms with Crippen LogP contribution in [0.15, 0.2) is 47.5 Å². The van der Waals surface area contributed by atoms with Gasteiger partial charge in [-0.3, -0.25) is 4.79 Å². The molecule has 3 aromatic rings. The van der Waals surface area contributed by atoms with Crippen molar-refractivity contribution >= 4 is 57.1 Å². The summed E-state index contributed by atoms with van der Waals surface area (Å²) in [6, 6.07) is 11.4. The minimum atomic E-state index is -0.194. The first-order valence-electron chi connectivity index (χ1n) is 7.33. The smallest absolute Gasteiger partial charge is 0.263 e. The van der Waals surface area contributed by atoms with Crippen LogP contribution in [0.4, 0.5) is 5.95 Å². The normalized spacial score (nSPS) is 15.8. The minimum absolute atomic E-state index is 0.194. The lowest BCUT2D eigenvalue weighted by Crippen LogP contribution is -2.17. The highest BCUT2D eigenvalue weighted by atomic mass is 32.2. The number of nitrogens with two attached hydrogens (primary N) is 1. The number of anilines is 1. The maximum atomic E-state index is 11.8. The number of fused-ring (bicyclic) bond motifs is 1. The van der Waals surface area contributed by atoms with E-state index in [-0.39, 0.29) is 11.9 Å². The summed E-state index contributed by atoms with van der Waals surface area (Å²) < 4.78 is 0.458. The van der Waals surface area contributed by atoms with Crippen LogP contribution >= 0.6 is 24.0 Å². The molecule has 0 unspecified atom stereocenters. The van der Waals surface area contributed by atoms with Crippen LogP contribution in [0.25, 0.3) is 28.2 Å². The van der Waals surface area contributed by atoms with Gasteiger partial charge in [-0.05, 0) is 24.3 Å². The molecule has 0 atom stereocenters. The summed E-state index contributed by atoms with van der Waals surface area (Å²) in [5.74, 6) is 0.0383. The average Bonchev–Trinajstić information content (AvgIpc) is 2.91. The molecule has 1 aliphatic heterocycles. The van der Waals surface area contributed by atoms with Crippen LogP contribution in [-0.2, 0) is 4.79 Å². The number of benzene rings is 1. The summed E-state index contributed by atoms with van der Waals surface area (Å²) >= 11 is 6.23. The van der Waals surface area contributed by atoms with Crippen molar-refractivity contribution in [2.24, 2.45) is 0 Å². The SMILES string of the molecule is Nc1ncc2ccc(-c3cccc(/C=C4\SC(=S)NC4=O)n3)cc2n1. The van der Waals surface area contributed by atoms with Crippen LogP contribution in [-0.4, -0.2) is 25.2 Å². The van der Waals surface area contributed by atoms with Crippen molar-refractivity contribution in [2.75, 3.05) is 5.73 Å². The first-order chi connectivity index (χ1) is 12.1. The molecular weight excluding hydrogens is 354 g/mol. The first kappa shape index (κ1) is 15.7. The highest BCUT2D eigenvalue weighted by Crippen LogP contribution is 2.27. The van der Waals surface area contributed by atoms with Gasteiger partial charge in [0.05, 0.1) is 21.8 Å². The fourth-order valence-corrected chi connectivity index (χ4v) is 3.47. The van der Waals surface area contributed by atoms with Gasteiger partial charge in [0.25, 0.3) is 5.91 Å². The van der Waals surface area contributed by atoms with Gasteiger partial charge < -0.3 is 11.1 Å². The Labute approximate surface area is 152 Å². The van der Waals surface area contributed by atoms with E-state index in [1.807, 2.05) is 36.4 Å². The minimum Gasteiger partial charge on any atom is -0.368 e. The number of thioether (sulfide) groups is 1. The lowest BCUT2D eigenvalue weighted by molar-refractivity contribution is -0.115. The number of pyridine rings is 1. The Morgan fingerprint density at radius 1 is 1.20 bits per heavy atom. The Hall–Kier alpha value is -2.84. The zero-order valence-corrected chi connectivity index (χ0v) is 14.4. The summed E-state index contributed by atoms with van der Waals surface area (Å²) in [6.45, 7) is 0. The van der Waals surface area contributed by atoms with E-state index in [2.05, 4.69) is 20.3 Å². The third-order valence-corrected chi connectivity index (χ3v) is 4.75. The van der Waals surface area contributed by atoms with Gasteiger partial charge in [0.2, 0.25) is 5.95 Å². The molecular formula is C17H11N5OS2. The maximum absolute atomic E-state index is 11.8. The third kappa shape index (κ3) is 3.21. The largest absolute Gasteiger partial charge is 0.368 e. The number of hydrogen-bond acceptors (Lipinski definition) is 7. The van der Waals surface area contributed by atoms with E-state index in [4.69, 9.17) is 18.0 Å². The van der Waals surface area contributed by atoms with Crippen molar-refractivity contribution in [2.45, 2.75) is 0 Å². The fraction of sp³-hybridized carbons (Fsp3) is 0. The summed E-state index contributed by atoms with van der Waals surface area (Å²) in [5, 5.41) is 3.50. The number of nitrogens with one attached hydrogen (secondary N) is 1. The van der Waals surface area contributed by atoms with Gasteiger partial charge in [-0.1, -0.05) is 42.2 Å². The Morgan fingerprint density at radius 3 is 2.88 bits per heavy atom. The molecule has 3 N–H and O–H groups in total. The number of carbonyl (C=O) groups is 1. The van der Waals surface area contributed by atoms with Crippen molar-refractivity contribution in [3.05, 3.63) is 53.2 Å². The van der Waals surface area contributed by atoms with E-state index in [9.17, 15) is 4.79 Å². The zero-order chi connectivity index (χ0) is 17.4. The van der Waals surface area contributed by atoms with Crippen LogP contribution < -0.4 is 11.1 Å². The van der Waals surface area contributed by atoms with E-state index < -0.39 is 0 Å². The second-order valence-electron chi connectivity index (χ2n) is 5.30. The molecule has 0 radical (unpaired) electrons. The highest BCUT2D eigenvalue weighted by Gasteiger charge is 2.22. The number of aromatic nitrogens is 3. The number of carbonyl (C=O) groups excluding carboxylic acids is 1. The van der Waals surface area contributed by atoms with Crippen LogP contribution in [0.1, 0.15) is 5.69 Å². The van der Waals surface area contributed by atoms with Crippen LogP contribution in [0, 0.1) is 0 Å². The molecule has 1 aromatic carbocycles. The molecule has 25 heavy (non-hydrogen) atoms. The molecule has 6 nitrogen and oxygen atoms in total. The van der Waals surface area contributed by atoms with Gasteiger partial charge in [-0.25, -0.2) is 15.0 Å². The Morgan fingerprint density at radius 2 is 2.08 bits per heavy atom. The van der Waals surface area contributed by atoms with E-state index in [1.165, 1.54) is 11.8 Å². The molecule has 0 saturated carbocycles. The number of hydrogen-bond donors (Lipinski definition) is 2. The highest BCUT2D eigenvalue weighted by molar-refractivity contribution is 8.26. The Balaban J connectivity index is 1.73. The Kier molecular flexibility index (Phi) is 3.90. The molecule has 3 heterocycles. The van der Waals surface area contributed by atoms with E-state index in [0.717, 1.165) is 22.2 Å². The molecule has 0 spiro atoms. The van der Waals surface area contributed by atoms with Gasteiger partial charge in [-0.2, -0.15) is 0 Å². The van der Waals surface area contributed by atoms with Gasteiger partial charge in [0.15, 0.2) is 0 Å². The molecule has 122 valence electrons. The molecule has 1 fully saturated rings. The number of thiocarbonyl (C=S) groups is 1. The predicted octanol–water partition coefficient (Wildman–Crippen LogP) is 2.76. The molecule has 0 aliphatic carbocycles. The van der Waals surface area contributed by atoms with Crippen LogP contribution in [0.3, 0.4) is 0 Å². The second-order valence-corrected chi connectivity index (χ2v) is 7.02. The van der Waals surface area contributed by atoms with E-state index in [1.54, 1.807) is 12.3 Å². The molecule has 2 aromatic heterocycles. The van der Waals surface area contributed by atoms with Crippen molar-refractivity contribution in [3.8, 4) is 11.3 Å². The van der Waals surface area contributed by atoms with Gasteiger partial charge in [-0.15, -0.1) is 0 Å². The summed E-state index contributed by atoms with van der Waals surface area (Å²) in [5.41, 5.74) is 8.78. The van der Waals surface area contributed by atoms with Crippen molar-refractivity contribution in [1.29, 1.82) is 0 Å². The number of nitrogen functional groups attached to an aromatic ring is 1. The van der Waals surface area contributed by atoms with Crippen molar-refractivity contribution in [1.82, 2.24) is 20.3 Å². The topological polar surface area (TPSA) is 93.8 Å². The molecule has 8 heteroatoms. The predicted molar refractivity (Wildman–Crippen MR) is 103 cm³/mol. The molecule has 4 rings (SSSR count). The number of nitrogens with zero attached hydrogens (tertiary/aromatic N) is 3. The summed E-state index contributed by atoms with van der Waals surface area (Å²) in [4.78, 5) is 25.2. The van der Waals surface area contributed by atoms with E-state index >= 15 is 0 Å². The standard InChI is InChI=1S/C17H11N5OS2/c18-16-19-8-10-5-4-9(6-13(10)21-16)12-3-1-2-11(20-12)7-14-15(23)22-17(24)25-14/h1-8H,(H2,18,19,21)(H,22,23,24)/b14-7-. The van der Waals surface area contributed by atoms with Gasteiger partial charge >= 0.3 is 0 Å². The van der Waals surface area contributed by atoms with Gasteiger partial charge in [0.1, 0.15) is 4.32 Å². The van der Waals surface area contributed by atoms with Crippen LogP contribution in [0.2, 0.25) is 0 Å². The maximum Gasteiger partial charge on any atom is 0.263 e. The van der Waals surface area contributed by atoms with Crippen LogP contribution in [0.5, 0.6) is 0 Å². The summed E-state index contributed by atoms with van der Waals surface area (Å²) in [6.07, 6.45) is 3.42. The average molecular weight is 365 g/mol. The fourth-order valence-electron chi connectivity index (χ4n) is 2.44. The number of rotatable bonds is 2. The van der Waals surface area contributed by atoms with Gasteiger partial charge in [0, 0.05) is 17.1 Å². The monoisotopic (exact) mass is 365 g/mol. The molecule has 1 saturated heterocycles.